The summed E-state index contributed by atoms with van der Waals surface area (Å²) in [7, 11) is 0. The summed E-state index contributed by atoms with van der Waals surface area (Å²) in [6, 6.07) is 0. The Morgan fingerprint density at radius 2 is 2.20 bits per heavy atom. The fourth-order valence-corrected chi connectivity index (χ4v) is 0.965. The maximum Gasteiger partial charge on any atom is 0.417 e. The monoisotopic (exact) mass is 143 g/mol. The standard InChI is InChI=1S/C8H15O2/c1-3-5-8(4-2)6-10-7-9/h8H,3-6H2,1-2H3. The summed E-state index contributed by atoms with van der Waals surface area (Å²) in [6.45, 7) is 6.21. The first kappa shape index (κ1) is 9.47. The van der Waals surface area contributed by atoms with Crippen molar-refractivity contribution in [2.24, 2.45) is 5.92 Å². The topological polar surface area (TPSA) is 26.3 Å². The molecule has 0 aromatic rings. The Kier molecular flexibility index (Phi) is 6.24. The highest BCUT2D eigenvalue weighted by Gasteiger charge is 2.04. The van der Waals surface area contributed by atoms with Crippen LogP contribution in [-0.4, -0.2) is 13.1 Å². The van der Waals surface area contributed by atoms with Gasteiger partial charge in [-0.3, -0.25) is 0 Å². The molecule has 0 saturated heterocycles. The molecule has 0 aromatic heterocycles. The van der Waals surface area contributed by atoms with Gasteiger partial charge in [-0.1, -0.05) is 26.7 Å². The van der Waals surface area contributed by atoms with Gasteiger partial charge < -0.3 is 4.74 Å². The lowest BCUT2D eigenvalue weighted by Crippen LogP contribution is -2.07. The Morgan fingerprint density at radius 3 is 2.60 bits per heavy atom. The molecular formula is C8H15O2. The quantitative estimate of drug-likeness (QED) is 0.567. The maximum atomic E-state index is 9.68. The summed E-state index contributed by atoms with van der Waals surface area (Å²) >= 11 is 0. The van der Waals surface area contributed by atoms with Gasteiger partial charge in [-0.05, 0) is 12.3 Å². The van der Waals surface area contributed by atoms with Gasteiger partial charge in [0.15, 0.2) is 0 Å². The summed E-state index contributed by atoms with van der Waals surface area (Å²) in [5.74, 6) is 0.534. The van der Waals surface area contributed by atoms with Crippen LogP contribution in [0.5, 0.6) is 0 Å². The molecule has 1 unspecified atom stereocenters. The van der Waals surface area contributed by atoms with Crippen molar-refractivity contribution in [1.29, 1.82) is 0 Å². The highest BCUT2D eigenvalue weighted by atomic mass is 16.5. The van der Waals surface area contributed by atoms with Gasteiger partial charge in [0.2, 0.25) is 0 Å². The van der Waals surface area contributed by atoms with Crippen LogP contribution in [0.1, 0.15) is 33.1 Å². The fraction of sp³-hybridized carbons (Fsp3) is 0.875. The van der Waals surface area contributed by atoms with E-state index in [0.29, 0.717) is 12.5 Å². The van der Waals surface area contributed by atoms with Crippen LogP contribution in [0.3, 0.4) is 0 Å². The molecule has 0 saturated carbocycles. The van der Waals surface area contributed by atoms with Gasteiger partial charge in [-0.25, -0.2) is 4.79 Å². The lowest BCUT2D eigenvalue weighted by atomic mass is 10.0. The Hall–Kier alpha value is -0.530. The van der Waals surface area contributed by atoms with Crippen molar-refractivity contribution < 1.29 is 9.53 Å². The van der Waals surface area contributed by atoms with Gasteiger partial charge in [-0.2, -0.15) is 0 Å². The molecule has 0 spiro atoms. The van der Waals surface area contributed by atoms with E-state index < -0.39 is 0 Å². The molecule has 59 valence electrons. The lowest BCUT2D eigenvalue weighted by molar-refractivity contribution is 0.211. The van der Waals surface area contributed by atoms with Crippen LogP contribution in [0.25, 0.3) is 0 Å². The smallest absolute Gasteiger partial charge is 0.417 e. The first-order valence-corrected chi connectivity index (χ1v) is 3.84. The zero-order chi connectivity index (χ0) is 7.82. The summed E-state index contributed by atoms with van der Waals surface area (Å²) in [5.41, 5.74) is 0. The summed E-state index contributed by atoms with van der Waals surface area (Å²) in [5, 5.41) is 0. The van der Waals surface area contributed by atoms with Crippen LogP contribution in [0.15, 0.2) is 0 Å². The fourth-order valence-electron chi connectivity index (χ4n) is 0.965. The Morgan fingerprint density at radius 1 is 1.50 bits per heavy atom. The van der Waals surface area contributed by atoms with Crippen molar-refractivity contribution in [2.45, 2.75) is 33.1 Å². The Bertz CT molecular complexity index is 81.3. The van der Waals surface area contributed by atoms with Gasteiger partial charge in [0.25, 0.3) is 0 Å². The SMILES string of the molecule is CCCC(CC)CO[C]=O. The molecule has 0 bridgehead atoms. The average Bonchev–Trinajstić information content (AvgIpc) is 1.98. The molecule has 2 nitrogen and oxygen atoms in total. The van der Waals surface area contributed by atoms with Crippen molar-refractivity contribution in [1.82, 2.24) is 0 Å². The van der Waals surface area contributed by atoms with E-state index in [1.165, 1.54) is 6.47 Å². The lowest BCUT2D eigenvalue weighted by Gasteiger charge is -2.10. The van der Waals surface area contributed by atoms with E-state index in [2.05, 4.69) is 18.6 Å². The first-order valence-electron chi connectivity index (χ1n) is 3.84. The first-order chi connectivity index (χ1) is 4.85. The van der Waals surface area contributed by atoms with E-state index >= 15 is 0 Å². The minimum absolute atomic E-state index is 0.534. The van der Waals surface area contributed by atoms with Crippen LogP contribution < -0.4 is 0 Å². The molecule has 0 amide bonds. The third-order valence-corrected chi connectivity index (χ3v) is 1.65. The van der Waals surface area contributed by atoms with Gasteiger partial charge in [0.05, 0.1) is 6.61 Å². The summed E-state index contributed by atoms with van der Waals surface area (Å²) in [6.07, 6.45) is 3.37. The molecule has 0 rings (SSSR count). The normalized spacial score (nSPS) is 12.6. The third kappa shape index (κ3) is 4.36. The van der Waals surface area contributed by atoms with E-state index in [0.717, 1.165) is 19.3 Å². The maximum absolute atomic E-state index is 9.68. The van der Waals surface area contributed by atoms with Gasteiger partial charge in [0, 0.05) is 0 Å². The van der Waals surface area contributed by atoms with E-state index in [-0.39, 0.29) is 0 Å². The van der Waals surface area contributed by atoms with E-state index in [4.69, 9.17) is 0 Å². The average molecular weight is 143 g/mol. The van der Waals surface area contributed by atoms with Gasteiger partial charge >= 0.3 is 6.47 Å². The highest BCUT2D eigenvalue weighted by molar-refractivity contribution is 5.38. The Balaban J connectivity index is 3.29. The molecular weight excluding hydrogens is 128 g/mol. The molecule has 0 fully saturated rings. The summed E-state index contributed by atoms with van der Waals surface area (Å²) < 4.78 is 4.53. The zero-order valence-electron chi connectivity index (χ0n) is 6.72. The molecule has 0 aliphatic carbocycles. The predicted octanol–water partition coefficient (Wildman–Crippen LogP) is 1.90. The van der Waals surface area contributed by atoms with Gasteiger partial charge in [-0.15, -0.1) is 0 Å². The van der Waals surface area contributed by atoms with Crippen LogP contribution in [0.4, 0.5) is 0 Å². The molecule has 10 heavy (non-hydrogen) atoms. The number of ether oxygens (including phenoxy) is 1. The van der Waals surface area contributed by atoms with E-state index in [1.54, 1.807) is 0 Å². The van der Waals surface area contributed by atoms with Crippen molar-refractivity contribution in [2.75, 3.05) is 6.61 Å². The number of carbonyl (C=O) groups excluding carboxylic acids is 1. The van der Waals surface area contributed by atoms with Crippen LogP contribution in [0, 0.1) is 5.92 Å². The minimum atomic E-state index is 0.534. The molecule has 0 aliphatic rings. The Labute approximate surface area is 62.6 Å². The largest absolute Gasteiger partial charge is 0.457 e. The third-order valence-electron chi connectivity index (χ3n) is 1.65. The van der Waals surface area contributed by atoms with E-state index in [1.807, 2.05) is 0 Å². The van der Waals surface area contributed by atoms with Crippen molar-refractivity contribution in [3.63, 3.8) is 0 Å². The predicted molar refractivity (Wildman–Crippen MR) is 40.3 cm³/mol. The summed E-state index contributed by atoms with van der Waals surface area (Å²) in [4.78, 5) is 9.68. The molecule has 0 heterocycles. The van der Waals surface area contributed by atoms with Crippen molar-refractivity contribution >= 4 is 6.47 Å². The minimum Gasteiger partial charge on any atom is -0.457 e. The number of rotatable bonds is 6. The van der Waals surface area contributed by atoms with E-state index in [9.17, 15) is 4.79 Å². The van der Waals surface area contributed by atoms with Gasteiger partial charge in [0.1, 0.15) is 0 Å². The second-order valence-corrected chi connectivity index (χ2v) is 2.46. The molecule has 0 aliphatic heterocycles. The zero-order valence-corrected chi connectivity index (χ0v) is 6.72. The van der Waals surface area contributed by atoms with Crippen LogP contribution in [0.2, 0.25) is 0 Å². The second-order valence-electron chi connectivity index (χ2n) is 2.46. The number of hydrogen-bond donors (Lipinski definition) is 0. The molecule has 1 radical (unpaired) electrons. The second kappa shape index (κ2) is 6.59. The molecule has 0 aromatic carbocycles. The molecule has 1 atom stereocenters. The van der Waals surface area contributed by atoms with Crippen LogP contribution >= 0.6 is 0 Å². The number of hydrogen-bond acceptors (Lipinski definition) is 2. The van der Waals surface area contributed by atoms with Crippen LogP contribution in [-0.2, 0) is 9.53 Å². The van der Waals surface area contributed by atoms with Crippen molar-refractivity contribution in [3.8, 4) is 0 Å². The van der Waals surface area contributed by atoms with Crippen molar-refractivity contribution in [3.05, 3.63) is 0 Å². The molecule has 2 heteroatoms. The highest BCUT2D eigenvalue weighted by Crippen LogP contribution is 2.09. The molecule has 0 N–H and O–H groups in total.